The predicted octanol–water partition coefficient (Wildman–Crippen LogP) is 2.78. The molecule has 7 heteroatoms. The number of nitrogens with one attached hydrogen (secondary N) is 4. The van der Waals surface area contributed by atoms with E-state index < -0.39 is 0 Å². The minimum Gasteiger partial charge on any atom is -0.354 e. The maximum absolute atomic E-state index is 12.4. The molecule has 27 heavy (non-hydrogen) atoms. The van der Waals surface area contributed by atoms with Gasteiger partial charge in [0.25, 0.3) is 5.56 Å². The second kappa shape index (κ2) is 7.75. The van der Waals surface area contributed by atoms with E-state index in [0.29, 0.717) is 28.6 Å². The van der Waals surface area contributed by atoms with Gasteiger partial charge in [-0.05, 0) is 62.5 Å². The van der Waals surface area contributed by atoms with Gasteiger partial charge in [0.1, 0.15) is 11.2 Å². The Morgan fingerprint density at radius 1 is 1.19 bits per heavy atom. The smallest absolute Gasteiger partial charge is 0.261 e. The third-order valence-corrected chi connectivity index (χ3v) is 4.91. The molecule has 1 fully saturated rings. The molecule has 3 aromatic rings. The summed E-state index contributed by atoms with van der Waals surface area (Å²) < 4.78 is 0. The van der Waals surface area contributed by atoms with Crippen LogP contribution in [0.1, 0.15) is 18.4 Å². The molecule has 7 nitrogen and oxygen atoms in total. The summed E-state index contributed by atoms with van der Waals surface area (Å²) in [5.41, 5.74) is 2.45. The van der Waals surface area contributed by atoms with Gasteiger partial charge >= 0.3 is 0 Å². The third-order valence-electron chi connectivity index (χ3n) is 4.91. The molecule has 0 atom stereocenters. The number of hydrogen-bond donors (Lipinski definition) is 4. The number of aryl methyl sites for hydroxylation is 1. The quantitative estimate of drug-likeness (QED) is 0.556. The Labute approximate surface area is 157 Å². The lowest BCUT2D eigenvalue weighted by molar-refractivity contribution is 0.389. The minimum atomic E-state index is -0.201. The van der Waals surface area contributed by atoms with Gasteiger partial charge in [0.05, 0.1) is 5.52 Å². The SMILES string of the molecule is Cc1cccc(Nc2nc(NCC3CCNCC3)nc3cc[nH]c(=O)c23)c1. The van der Waals surface area contributed by atoms with E-state index in [1.54, 1.807) is 12.3 Å². The molecule has 2 aromatic heterocycles. The van der Waals surface area contributed by atoms with Crippen LogP contribution in [0.15, 0.2) is 41.3 Å². The van der Waals surface area contributed by atoms with Crippen LogP contribution in [0.25, 0.3) is 10.9 Å². The zero-order valence-corrected chi connectivity index (χ0v) is 15.4. The number of benzene rings is 1. The molecule has 0 amide bonds. The van der Waals surface area contributed by atoms with Crippen molar-refractivity contribution in [3.63, 3.8) is 0 Å². The fraction of sp³-hybridized carbons (Fsp3) is 0.350. The highest BCUT2D eigenvalue weighted by molar-refractivity contribution is 5.90. The summed E-state index contributed by atoms with van der Waals surface area (Å²) in [5, 5.41) is 10.5. The first-order chi connectivity index (χ1) is 13.2. The topological polar surface area (TPSA) is 94.7 Å². The first kappa shape index (κ1) is 17.5. The molecule has 0 radical (unpaired) electrons. The van der Waals surface area contributed by atoms with E-state index in [-0.39, 0.29) is 5.56 Å². The summed E-state index contributed by atoms with van der Waals surface area (Å²) in [4.78, 5) is 24.2. The van der Waals surface area contributed by atoms with Gasteiger partial charge in [0.15, 0.2) is 0 Å². The first-order valence-corrected chi connectivity index (χ1v) is 9.37. The Kier molecular flexibility index (Phi) is 5.02. The molecule has 4 rings (SSSR count). The highest BCUT2D eigenvalue weighted by atomic mass is 16.1. The molecule has 0 bridgehead atoms. The van der Waals surface area contributed by atoms with E-state index in [1.807, 2.05) is 31.2 Å². The predicted molar refractivity (Wildman–Crippen MR) is 109 cm³/mol. The van der Waals surface area contributed by atoms with Gasteiger partial charge < -0.3 is 20.9 Å². The van der Waals surface area contributed by atoms with Crippen molar-refractivity contribution in [3.05, 3.63) is 52.4 Å². The van der Waals surface area contributed by atoms with Crippen molar-refractivity contribution in [2.45, 2.75) is 19.8 Å². The molecule has 3 heterocycles. The molecule has 1 aromatic carbocycles. The monoisotopic (exact) mass is 364 g/mol. The van der Waals surface area contributed by atoms with Crippen LogP contribution in [-0.4, -0.2) is 34.6 Å². The second-order valence-corrected chi connectivity index (χ2v) is 7.03. The summed E-state index contributed by atoms with van der Waals surface area (Å²) in [6, 6.07) is 9.78. The van der Waals surface area contributed by atoms with Gasteiger partial charge in [0, 0.05) is 18.4 Å². The minimum absolute atomic E-state index is 0.201. The number of piperidine rings is 1. The largest absolute Gasteiger partial charge is 0.354 e. The van der Waals surface area contributed by atoms with Crippen LogP contribution in [0.4, 0.5) is 17.5 Å². The van der Waals surface area contributed by atoms with Crippen molar-refractivity contribution in [2.24, 2.45) is 5.92 Å². The van der Waals surface area contributed by atoms with Crippen molar-refractivity contribution >= 4 is 28.4 Å². The van der Waals surface area contributed by atoms with E-state index in [2.05, 4.69) is 30.9 Å². The molecule has 0 unspecified atom stereocenters. The standard InChI is InChI=1S/C20H24N6O/c1-13-3-2-4-15(11-13)24-18-17-16(7-10-22-19(17)27)25-20(26-18)23-12-14-5-8-21-9-6-14/h2-4,7,10-11,14,21H,5-6,8-9,12H2,1H3,(H,22,27)(H2,23,24,25,26). The van der Waals surface area contributed by atoms with Crippen LogP contribution in [0.5, 0.6) is 0 Å². The molecular formula is C20H24N6O. The van der Waals surface area contributed by atoms with E-state index in [9.17, 15) is 4.79 Å². The lowest BCUT2D eigenvalue weighted by Gasteiger charge is -2.22. The van der Waals surface area contributed by atoms with Crippen LogP contribution in [-0.2, 0) is 0 Å². The Bertz CT molecular complexity index is 993. The molecule has 140 valence electrons. The zero-order valence-electron chi connectivity index (χ0n) is 15.4. The van der Waals surface area contributed by atoms with Gasteiger partial charge in [-0.2, -0.15) is 4.98 Å². The third kappa shape index (κ3) is 4.09. The first-order valence-electron chi connectivity index (χ1n) is 9.37. The van der Waals surface area contributed by atoms with E-state index >= 15 is 0 Å². The number of aromatic amines is 1. The van der Waals surface area contributed by atoms with Crippen LogP contribution >= 0.6 is 0 Å². The molecule has 0 spiro atoms. The van der Waals surface area contributed by atoms with Gasteiger partial charge in [-0.25, -0.2) is 4.98 Å². The summed E-state index contributed by atoms with van der Waals surface area (Å²) in [7, 11) is 0. The van der Waals surface area contributed by atoms with Crippen LogP contribution in [0.3, 0.4) is 0 Å². The summed E-state index contributed by atoms with van der Waals surface area (Å²) in [6.07, 6.45) is 3.91. The average molecular weight is 364 g/mol. The normalized spacial score (nSPS) is 15.0. The van der Waals surface area contributed by atoms with Gasteiger partial charge in [-0.15, -0.1) is 0 Å². The van der Waals surface area contributed by atoms with Crippen molar-refractivity contribution < 1.29 is 0 Å². The van der Waals surface area contributed by atoms with Crippen LogP contribution < -0.4 is 21.5 Å². The van der Waals surface area contributed by atoms with Crippen LogP contribution in [0, 0.1) is 12.8 Å². The average Bonchev–Trinajstić information content (AvgIpc) is 2.67. The molecular weight excluding hydrogens is 340 g/mol. The van der Waals surface area contributed by atoms with Gasteiger partial charge in [-0.1, -0.05) is 12.1 Å². The number of anilines is 3. The number of aromatic nitrogens is 3. The molecule has 4 N–H and O–H groups in total. The number of rotatable bonds is 5. The van der Waals surface area contributed by atoms with Crippen molar-refractivity contribution in [1.82, 2.24) is 20.3 Å². The van der Waals surface area contributed by atoms with E-state index in [4.69, 9.17) is 0 Å². The molecule has 1 aliphatic rings. The van der Waals surface area contributed by atoms with Crippen molar-refractivity contribution in [1.29, 1.82) is 0 Å². The lowest BCUT2D eigenvalue weighted by Crippen LogP contribution is -2.31. The van der Waals surface area contributed by atoms with Crippen LogP contribution in [0.2, 0.25) is 0 Å². The molecule has 0 saturated carbocycles. The van der Waals surface area contributed by atoms with Gasteiger partial charge in [0.2, 0.25) is 5.95 Å². The number of H-pyrrole nitrogens is 1. The van der Waals surface area contributed by atoms with E-state index in [0.717, 1.165) is 43.7 Å². The maximum Gasteiger partial charge on any atom is 0.261 e. The maximum atomic E-state index is 12.4. The Morgan fingerprint density at radius 2 is 2.04 bits per heavy atom. The molecule has 1 saturated heterocycles. The fourth-order valence-corrected chi connectivity index (χ4v) is 3.44. The number of pyridine rings is 1. The molecule has 0 aliphatic carbocycles. The number of hydrogen-bond acceptors (Lipinski definition) is 6. The Balaban J connectivity index is 1.65. The lowest BCUT2D eigenvalue weighted by atomic mass is 9.98. The van der Waals surface area contributed by atoms with E-state index in [1.165, 1.54) is 0 Å². The highest BCUT2D eigenvalue weighted by Crippen LogP contribution is 2.23. The van der Waals surface area contributed by atoms with Gasteiger partial charge in [-0.3, -0.25) is 4.79 Å². The molecule has 1 aliphatic heterocycles. The summed E-state index contributed by atoms with van der Waals surface area (Å²) >= 11 is 0. The van der Waals surface area contributed by atoms with Crippen molar-refractivity contribution in [3.8, 4) is 0 Å². The fourth-order valence-electron chi connectivity index (χ4n) is 3.44. The van der Waals surface area contributed by atoms with Crippen molar-refractivity contribution in [2.75, 3.05) is 30.3 Å². The zero-order chi connectivity index (χ0) is 18.6. The number of fused-ring (bicyclic) bond motifs is 1. The highest BCUT2D eigenvalue weighted by Gasteiger charge is 2.15. The number of nitrogens with zero attached hydrogens (tertiary/aromatic N) is 2. The Hall–Kier alpha value is -2.93. The summed E-state index contributed by atoms with van der Waals surface area (Å²) in [6.45, 7) is 4.98. The second-order valence-electron chi connectivity index (χ2n) is 7.03. The Morgan fingerprint density at radius 3 is 2.85 bits per heavy atom. The summed E-state index contributed by atoms with van der Waals surface area (Å²) in [5.74, 6) is 1.67.